The molecule has 108 valence electrons. The molecular weight excluding hydrogens is 254 g/mol. The third kappa shape index (κ3) is 3.98. The second kappa shape index (κ2) is 6.41. The van der Waals surface area contributed by atoms with E-state index >= 15 is 0 Å². The Hall–Kier alpha value is -2.04. The normalized spacial score (nSPS) is 18.5. The van der Waals surface area contributed by atoms with E-state index < -0.39 is 0 Å². The molecule has 1 atom stereocenters. The predicted molar refractivity (Wildman–Crippen MR) is 79.7 cm³/mol. The molecule has 0 aromatic heterocycles. The molecule has 0 aliphatic carbocycles. The summed E-state index contributed by atoms with van der Waals surface area (Å²) in [6, 6.07) is 7.10. The molecule has 0 saturated carbocycles. The summed E-state index contributed by atoms with van der Waals surface area (Å²) in [5.41, 5.74) is 1.38. The molecule has 5 nitrogen and oxygen atoms in total. The van der Waals surface area contributed by atoms with Crippen LogP contribution in [0.1, 0.15) is 26.7 Å². The molecule has 2 rings (SSSR count). The fraction of sp³-hybridized carbons (Fsp3) is 0.467. The molecule has 5 heteroatoms. The van der Waals surface area contributed by atoms with Gasteiger partial charge in [-0.1, -0.05) is 13.0 Å². The molecule has 0 bridgehead atoms. The van der Waals surface area contributed by atoms with Crippen molar-refractivity contribution in [2.24, 2.45) is 5.92 Å². The summed E-state index contributed by atoms with van der Waals surface area (Å²) in [4.78, 5) is 25.0. The lowest BCUT2D eigenvalue weighted by atomic mass is 10.0. The van der Waals surface area contributed by atoms with Gasteiger partial charge >= 0.3 is 6.03 Å². The van der Waals surface area contributed by atoms with Gasteiger partial charge in [-0.05, 0) is 37.0 Å². The largest absolute Gasteiger partial charge is 0.326 e. The number of nitrogens with zero attached hydrogens (tertiary/aromatic N) is 1. The molecule has 1 saturated heterocycles. The summed E-state index contributed by atoms with van der Waals surface area (Å²) < 4.78 is 0. The minimum absolute atomic E-state index is 0.0727. The molecule has 0 spiro atoms. The number of rotatable bonds is 2. The van der Waals surface area contributed by atoms with Crippen LogP contribution in [-0.4, -0.2) is 29.9 Å². The lowest BCUT2D eigenvalue weighted by molar-refractivity contribution is -0.114. The van der Waals surface area contributed by atoms with Gasteiger partial charge in [0, 0.05) is 31.4 Å². The Bertz CT molecular complexity index is 502. The van der Waals surface area contributed by atoms with Gasteiger partial charge in [-0.25, -0.2) is 4.79 Å². The lowest BCUT2D eigenvalue weighted by Gasteiger charge is -2.30. The Morgan fingerprint density at radius 2 is 1.95 bits per heavy atom. The summed E-state index contributed by atoms with van der Waals surface area (Å²) in [7, 11) is 0. The molecule has 3 amide bonds. The van der Waals surface area contributed by atoms with Crippen LogP contribution in [0.3, 0.4) is 0 Å². The van der Waals surface area contributed by atoms with E-state index in [0.717, 1.165) is 19.5 Å². The topological polar surface area (TPSA) is 61.4 Å². The Kier molecular flexibility index (Phi) is 4.61. The first-order chi connectivity index (χ1) is 9.54. The molecule has 1 aliphatic rings. The van der Waals surface area contributed by atoms with Gasteiger partial charge in [0.25, 0.3) is 0 Å². The van der Waals surface area contributed by atoms with Crippen LogP contribution in [-0.2, 0) is 4.79 Å². The highest BCUT2D eigenvalue weighted by Crippen LogP contribution is 2.19. The molecule has 0 radical (unpaired) electrons. The summed E-state index contributed by atoms with van der Waals surface area (Å²) in [6.45, 7) is 5.23. The number of carbonyl (C=O) groups excluding carboxylic acids is 2. The van der Waals surface area contributed by atoms with E-state index in [4.69, 9.17) is 0 Å². The van der Waals surface area contributed by atoms with E-state index in [9.17, 15) is 9.59 Å². The summed E-state index contributed by atoms with van der Waals surface area (Å²) >= 11 is 0. The number of hydrogen-bond acceptors (Lipinski definition) is 2. The fourth-order valence-electron chi connectivity index (χ4n) is 2.45. The Labute approximate surface area is 119 Å². The van der Waals surface area contributed by atoms with Gasteiger partial charge in [0.1, 0.15) is 0 Å². The zero-order valence-corrected chi connectivity index (χ0v) is 12.0. The maximum absolute atomic E-state index is 12.2. The lowest BCUT2D eigenvalue weighted by Crippen LogP contribution is -2.41. The Balaban J connectivity index is 1.98. The van der Waals surface area contributed by atoms with Crippen LogP contribution in [0.25, 0.3) is 0 Å². The molecule has 1 heterocycles. The average molecular weight is 275 g/mol. The number of benzene rings is 1. The first kappa shape index (κ1) is 14.4. The third-order valence-electron chi connectivity index (χ3n) is 3.38. The zero-order valence-electron chi connectivity index (χ0n) is 12.0. The van der Waals surface area contributed by atoms with Crippen LogP contribution in [0.5, 0.6) is 0 Å². The van der Waals surface area contributed by atoms with Gasteiger partial charge in [0.2, 0.25) is 5.91 Å². The van der Waals surface area contributed by atoms with E-state index in [1.807, 2.05) is 11.0 Å². The van der Waals surface area contributed by atoms with Crippen molar-refractivity contribution in [3.05, 3.63) is 24.3 Å². The number of hydrogen-bond donors (Lipinski definition) is 2. The zero-order chi connectivity index (χ0) is 14.5. The van der Waals surface area contributed by atoms with Crippen molar-refractivity contribution in [3.8, 4) is 0 Å². The van der Waals surface area contributed by atoms with Crippen LogP contribution in [0.15, 0.2) is 24.3 Å². The highest BCUT2D eigenvalue weighted by Gasteiger charge is 2.20. The van der Waals surface area contributed by atoms with Crippen LogP contribution >= 0.6 is 0 Å². The van der Waals surface area contributed by atoms with Crippen molar-refractivity contribution < 1.29 is 9.59 Å². The number of nitrogens with one attached hydrogen (secondary N) is 2. The van der Waals surface area contributed by atoms with Crippen molar-refractivity contribution in [1.82, 2.24) is 4.90 Å². The summed E-state index contributed by atoms with van der Waals surface area (Å²) in [5, 5.41) is 5.58. The Morgan fingerprint density at radius 1 is 1.25 bits per heavy atom. The molecule has 1 fully saturated rings. The Morgan fingerprint density at radius 3 is 2.60 bits per heavy atom. The predicted octanol–water partition coefficient (Wildman–Crippen LogP) is 2.91. The number of piperidine rings is 1. The van der Waals surface area contributed by atoms with E-state index in [-0.39, 0.29) is 11.9 Å². The second-order valence-corrected chi connectivity index (χ2v) is 5.39. The molecule has 1 aromatic carbocycles. The van der Waals surface area contributed by atoms with Crippen molar-refractivity contribution in [1.29, 1.82) is 0 Å². The SMILES string of the molecule is CC(=O)Nc1cccc(NC(=O)N2CCCC(C)C2)c1. The number of urea groups is 1. The first-order valence-electron chi connectivity index (χ1n) is 6.98. The van der Waals surface area contributed by atoms with Crippen LogP contribution in [0.4, 0.5) is 16.2 Å². The standard InChI is InChI=1S/C15H21N3O2/c1-11-5-4-8-18(10-11)15(20)17-14-7-3-6-13(9-14)16-12(2)19/h3,6-7,9,11H,4-5,8,10H2,1-2H3,(H,16,19)(H,17,20). The van der Waals surface area contributed by atoms with Crippen molar-refractivity contribution in [2.75, 3.05) is 23.7 Å². The highest BCUT2D eigenvalue weighted by atomic mass is 16.2. The molecule has 1 aromatic rings. The van der Waals surface area contributed by atoms with Gasteiger partial charge in [0.05, 0.1) is 0 Å². The number of anilines is 2. The average Bonchev–Trinajstić information content (AvgIpc) is 2.38. The van der Waals surface area contributed by atoms with E-state index in [2.05, 4.69) is 17.6 Å². The maximum atomic E-state index is 12.2. The van der Waals surface area contributed by atoms with Crippen molar-refractivity contribution >= 4 is 23.3 Å². The van der Waals surface area contributed by atoms with Gasteiger partial charge in [0.15, 0.2) is 0 Å². The molecule has 1 aliphatic heterocycles. The fourth-order valence-corrected chi connectivity index (χ4v) is 2.45. The molecule has 1 unspecified atom stereocenters. The molecule has 2 N–H and O–H groups in total. The summed E-state index contributed by atoms with van der Waals surface area (Å²) in [6.07, 6.45) is 2.24. The smallest absolute Gasteiger partial charge is 0.321 e. The van der Waals surface area contributed by atoms with Crippen LogP contribution in [0, 0.1) is 5.92 Å². The molecular formula is C15H21N3O2. The van der Waals surface area contributed by atoms with E-state index in [1.165, 1.54) is 13.3 Å². The minimum Gasteiger partial charge on any atom is -0.326 e. The van der Waals surface area contributed by atoms with Gasteiger partial charge < -0.3 is 15.5 Å². The van der Waals surface area contributed by atoms with Gasteiger partial charge in [-0.3, -0.25) is 4.79 Å². The maximum Gasteiger partial charge on any atom is 0.321 e. The third-order valence-corrected chi connectivity index (χ3v) is 3.38. The quantitative estimate of drug-likeness (QED) is 0.871. The second-order valence-electron chi connectivity index (χ2n) is 5.39. The van der Waals surface area contributed by atoms with Gasteiger partial charge in [-0.15, -0.1) is 0 Å². The number of likely N-dealkylation sites (tertiary alicyclic amines) is 1. The van der Waals surface area contributed by atoms with Gasteiger partial charge in [-0.2, -0.15) is 0 Å². The van der Waals surface area contributed by atoms with Crippen LogP contribution < -0.4 is 10.6 Å². The first-order valence-corrected chi connectivity index (χ1v) is 6.98. The minimum atomic E-state index is -0.127. The summed E-state index contributed by atoms with van der Waals surface area (Å²) in [5.74, 6) is 0.429. The number of carbonyl (C=O) groups is 2. The van der Waals surface area contributed by atoms with Crippen LogP contribution in [0.2, 0.25) is 0 Å². The van der Waals surface area contributed by atoms with E-state index in [1.54, 1.807) is 18.2 Å². The number of amides is 3. The van der Waals surface area contributed by atoms with E-state index in [0.29, 0.717) is 17.3 Å². The van der Waals surface area contributed by atoms with Crippen molar-refractivity contribution in [3.63, 3.8) is 0 Å². The molecule has 20 heavy (non-hydrogen) atoms. The van der Waals surface area contributed by atoms with Crippen molar-refractivity contribution in [2.45, 2.75) is 26.7 Å². The highest BCUT2D eigenvalue weighted by molar-refractivity contribution is 5.92. The monoisotopic (exact) mass is 275 g/mol.